The average molecular weight is 458 g/mol. The lowest BCUT2D eigenvalue weighted by atomic mass is 10.1. The Morgan fingerprint density at radius 1 is 1.09 bits per heavy atom. The number of hydrogen-bond donors (Lipinski definition) is 1. The number of carboxylic acids is 1. The number of benzene rings is 1. The molecule has 32 heavy (non-hydrogen) atoms. The second-order valence-corrected chi connectivity index (χ2v) is 7.07. The molecule has 3 rings (SSSR count). The highest BCUT2D eigenvalue weighted by molar-refractivity contribution is 7.80. The minimum atomic E-state index is -1.16. The number of furan rings is 1. The fourth-order valence-corrected chi connectivity index (χ4v) is 3.59. The highest BCUT2D eigenvalue weighted by Gasteiger charge is 2.37. The van der Waals surface area contributed by atoms with E-state index >= 15 is 0 Å². The van der Waals surface area contributed by atoms with E-state index in [1.54, 1.807) is 32.0 Å². The van der Waals surface area contributed by atoms with Crippen molar-refractivity contribution >= 4 is 41.2 Å². The van der Waals surface area contributed by atoms with Crippen LogP contribution in [-0.4, -0.2) is 58.0 Å². The van der Waals surface area contributed by atoms with Crippen LogP contribution in [0, 0.1) is 0 Å². The lowest BCUT2D eigenvalue weighted by molar-refractivity contribution is -0.133. The lowest BCUT2D eigenvalue weighted by Crippen LogP contribution is -2.55. The topological polar surface area (TPSA) is 110 Å². The Kier molecular flexibility index (Phi) is 6.94. The van der Waals surface area contributed by atoms with Gasteiger partial charge in [0.05, 0.1) is 7.11 Å². The third-order valence-electron chi connectivity index (χ3n) is 4.79. The molecule has 0 unspecified atom stereocenters. The first-order chi connectivity index (χ1) is 15.3. The zero-order valence-corrected chi connectivity index (χ0v) is 18.6. The molecule has 1 aliphatic rings. The zero-order valence-electron chi connectivity index (χ0n) is 17.8. The van der Waals surface area contributed by atoms with Crippen LogP contribution in [0.4, 0.5) is 0 Å². The van der Waals surface area contributed by atoms with Crippen LogP contribution in [0.1, 0.15) is 35.7 Å². The molecule has 1 aliphatic heterocycles. The van der Waals surface area contributed by atoms with E-state index in [1.807, 2.05) is 0 Å². The monoisotopic (exact) mass is 458 g/mol. The lowest BCUT2D eigenvalue weighted by Gasteiger charge is -2.35. The maximum atomic E-state index is 12.8. The Bertz CT molecular complexity index is 1080. The van der Waals surface area contributed by atoms with Crippen molar-refractivity contribution in [2.75, 3.05) is 20.2 Å². The van der Waals surface area contributed by atoms with Gasteiger partial charge in [0.2, 0.25) is 5.76 Å². The summed E-state index contributed by atoms with van der Waals surface area (Å²) in [6, 6.07) is 7.79. The van der Waals surface area contributed by atoms with E-state index in [9.17, 15) is 14.4 Å². The summed E-state index contributed by atoms with van der Waals surface area (Å²) < 4.78 is 16.2. The molecule has 9 nitrogen and oxygen atoms in total. The highest BCUT2D eigenvalue weighted by Crippen LogP contribution is 2.30. The number of rotatable bonds is 8. The molecule has 1 fully saturated rings. The van der Waals surface area contributed by atoms with Crippen LogP contribution >= 0.6 is 12.2 Å². The zero-order chi connectivity index (χ0) is 23.4. The number of thiocarbonyl (C=S) groups is 1. The van der Waals surface area contributed by atoms with E-state index in [2.05, 4.69) is 0 Å². The molecule has 168 valence electrons. The molecule has 1 N–H and O–H groups in total. The molecule has 0 aliphatic carbocycles. The first-order valence-electron chi connectivity index (χ1n) is 9.82. The van der Waals surface area contributed by atoms with Gasteiger partial charge in [-0.15, -0.1) is 0 Å². The number of carboxylic acid groups (broad SMARTS) is 1. The third-order valence-corrected chi connectivity index (χ3v) is 5.23. The van der Waals surface area contributed by atoms with E-state index < -0.39 is 17.8 Å². The maximum Gasteiger partial charge on any atom is 0.371 e. The van der Waals surface area contributed by atoms with E-state index in [0.29, 0.717) is 35.9 Å². The van der Waals surface area contributed by atoms with Gasteiger partial charge in [-0.2, -0.15) is 0 Å². The van der Waals surface area contributed by atoms with Gasteiger partial charge in [-0.25, -0.2) is 4.79 Å². The van der Waals surface area contributed by atoms with Crippen LogP contribution in [-0.2, 0) is 16.2 Å². The Morgan fingerprint density at radius 2 is 1.75 bits per heavy atom. The number of nitrogens with zero attached hydrogens (tertiary/aromatic N) is 2. The van der Waals surface area contributed by atoms with E-state index in [0.717, 1.165) is 0 Å². The quantitative estimate of drug-likeness (QED) is 0.365. The minimum Gasteiger partial charge on any atom is -0.493 e. The number of amides is 2. The molecule has 10 heteroatoms. The van der Waals surface area contributed by atoms with Crippen molar-refractivity contribution in [2.24, 2.45) is 0 Å². The normalized spacial score (nSPS) is 14.1. The van der Waals surface area contributed by atoms with Gasteiger partial charge in [-0.3, -0.25) is 19.4 Å². The van der Waals surface area contributed by atoms with Crippen molar-refractivity contribution in [3.8, 4) is 11.5 Å². The molecule has 1 saturated heterocycles. The van der Waals surface area contributed by atoms with Crippen molar-refractivity contribution in [1.82, 2.24) is 9.80 Å². The summed E-state index contributed by atoms with van der Waals surface area (Å²) in [5.74, 6) is -1.14. The number of likely N-dealkylation sites (N-methyl/N-ethyl adjacent to an activating group) is 2. The first-order valence-corrected chi connectivity index (χ1v) is 10.2. The molecule has 2 aromatic rings. The fourth-order valence-electron chi connectivity index (χ4n) is 3.16. The Balaban J connectivity index is 1.84. The summed E-state index contributed by atoms with van der Waals surface area (Å²) in [5.41, 5.74) is 0.576. The Morgan fingerprint density at radius 3 is 2.28 bits per heavy atom. The molecular formula is C22H22N2O7S. The van der Waals surface area contributed by atoms with Crippen LogP contribution in [0.15, 0.2) is 40.3 Å². The predicted octanol–water partition coefficient (Wildman–Crippen LogP) is 2.94. The van der Waals surface area contributed by atoms with Crippen LogP contribution in [0.5, 0.6) is 11.5 Å². The van der Waals surface area contributed by atoms with Gasteiger partial charge >= 0.3 is 5.97 Å². The van der Waals surface area contributed by atoms with Crippen LogP contribution < -0.4 is 9.47 Å². The first kappa shape index (κ1) is 23.0. The van der Waals surface area contributed by atoms with Crippen molar-refractivity contribution in [3.05, 3.63) is 53.0 Å². The van der Waals surface area contributed by atoms with Crippen molar-refractivity contribution < 1.29 is 33.4 Å². The summed E-state index contributed by atoms with van der Waals surface area (Å²) in [7, 11) is 1.46. The summed E-state index contributed by atoms with van der Waals surface area (Å²) in [4.78, 5) is 39.3. The van der Waals surface area contributed by atoms with Crippen molar-refractivity contribution in [2.45, 2.75) is 20.5 Å². The van der Waals surface area contributed by atoms with Gasteiger partial charge in [0.1, 0.15) is 17.9 Å². The number of methoxy groups -OCH3 is 1. The number of hydrogen-bond acceptors (Lipinski definition) is 7. The van der Waals surface area contributed by atoms with Gasteiger partial charge in [-0.05, 0) is 62.0 Å². The maximum absolute atomic E-state index is 12.8. The molecule has 0 bridgehead atoms. The number of aromatic carboxylic acids is 1. The molecule has 2 heterocycles. The van der Waals surface area contributed by atoms with Gasteiger partial charge in [0.15, 0.2) is 16.6 Å². The van der Waals surface area contributed by atoms with Crippen LogP contribution in [0.2, 0.25) is 0 Å². The molecule has 2 amide bonds. The second-order valence-electron chi connectivity index (χ2n) is 6.71. The third kappa shape index (κ3) is 4.50. The van der Waals surface area contributed by atoms with E-state index in [4.69, 9.17) is 31.2 Å². The number of carbonyl (C=O) groups excluding carboxylic acids is 2. The summed E-state index contributed by atoms with van der Waals surface area (Å²) in [5, 5.41) is 9.13. The highest BCUT2D eigenvalue weighted by atomic mass is 32.1. The average Bonchev–Trinajstić information content (AvgIpc) is 3.25. The van der Waals surface area contributed by atoms with Gasteiger partial charge in [0.25, 0.3) is 11.8 Å². The molecular weight excluding hydrogens is 436 g/mol. The smallest absolute Gasteiger partial charge is 0.371 e. The Labute approximate surface area is 189 Å². The molecule has 0 atom stereocenters. The molecule has 0 spiro atoms. The number of ether oxygens (including phenoxy) is 2. The van der Waals surface area contributed by atoms with Gasteiger partial charge in [-0.1, -0.05) is 6.07 Å². The predicted molar refractivity (Wildman–Crippen MR) is 118 cm³/mol. The second kappa shape index (κ2) is 9.65. The largest absolute Gasteiger partial charge is 0.493 e. The van der Waals surface area contributed by atoms with Crippen LogP contribution in [0.3, 0.4) is 0 Å². The molecule has 0 radical (unpaired) electrons. The molecule has 0 saturated carbocycles. The summed E-state index contributed by atoms with van der Waals surface area (Å²) in [6.07, 6.45) is 1.50. The minimum absolute atomic E-state index is 0.00455. The van der Waals surface area contributed by atoms with Gasteiger partial charge in [0, 0.05) is 13.1 Å². The van der Waals surface area contributed by atoms with Crippen molar-refractivity contribution in [1.29, 1.82) is 0 Å². The molecule has 1 aromatic heterocycles. The fraction of sp³-hybridized carbons (Fsp3) is 0.273. The summed E-state index contributed by atoms with van der Waals surface area (Å²) in [6.45, 7) is 4.28. The standard InChI is InChI=1S/C22H22N2O7S/c1-4-23-19(25)15(20(26)24(5-2)22(23)32)10-13-6-8-16(18(11-13)29-3)30-12-14-7-9-17(31-14)21(27)28/h6-11H,4-5,12H2,1-3H3,(H,27,28). The van der Waals surface area contributed by atoms with Crippen molar-refractivity contribution in [3.63, 3.8) is 0 Å². The number of carbonyl (C=O) groups is 3. The SMILES string of the molecule is CCN1C(=O)C(=Cc2ccc(OCc3ccc(C(=O)O)o3)c(OC)c2)C(=O)N(CC)C1=S. The van der Waals surface area contributed by atoms with E-state index in [1.165, 1.54) is 35.1 Å². The van der Waals surface area contributed by atoms with E-state index in [-0.39, 0.29) is 23.1 Å². The molecule has 1 aromatic carbocycles. The van der Waals surface area contributed by atoms with Gasteiger partial charge < -0.3 is 19.0 Å². The Hall–Kier alpha value is -3.66. The van der Waals surface area contributed by atoms with Crippen LogP contribution in [0.25, 0.3) is 6.08 Å². The summed E-state index contributed by atoms with van der Waals surface area (Å²) >= 11 is 5.27.